The molecule has 2 aromatic rings. The molecule has 4 nitrogen and oxygen atoms in total. The van der Waals surface area contributed by atoms with Gasteiger partial charge in [0.25, 0.3) is 0 Å². The Labute approximate surface area is 155 Å². The van der Waals surface area contributed by atoms with Gasteiger partial charge in [-0.05, 0) is 48.3 Å². The summed E-state index contributed by atoms with van der Waals surface area (Å²) < 4.78 is 0. The van der Waals surface area contributed by atoms with Gasteiger partial charge >= 0.3 is 6.03 Å². The first-order valence-corrected chi connectivity index (χ1v) is 10.1. The predicted octanol–water partition coefficient (Wildman–Crippen LogP) is 4.03. The summed E-state index contributed by atoms with van der Waals surface area (Å²) in [6, 6.07) is 11.6. The number of nitrogens with one attached hydrogen (secondary N) is 1. The van der Waals surface area contributed by atoms with Crippen molar-refractivity contribution in [2.24, 2.45) is 0 Å². The van der Waals surface area contributed by atoms with Crippen LogP contribution in [-0.2, 0) is 12.8 Å². The van der Waals surface area contributed by atoms with Crippen LogP contribution >= 0.6 is 0 Å². The van der Waals surface area contributed by atoms with Crippen molar-refractivity contribution < 1.29 is 4.79 Å². The van der Waals surface area contributed by atoms with Crippen LogP contribution in [0, 0.1) is 0 Å². The summed E-state index contributed by atoms with van der Waals surface area (Å²) in [7, 11) is 0. The number of rotatable bonds is 2. The average molecular weight is 349 g/mol. The molecule has 1 aliphatic heterocycles. The highest BCUT2D eigenvalue weighted by atomic mass is 16.2. The molecule has 2 amide bonds. The Morgan fingerprint density at radius 2 is 1.65 bits per heavy atom. The first-order valence-electron chi connectivity index (χ1n) is 10.1. The van der Waals surface area contributed by atoms with Gasteiger partial charge in [0.05, 0.1) is 5.69 Å². The number of carbonyl (C=O) groups excluding carboxylic acids is 1. The van der Waals surface area contributed by atoms with Crippen LogP contribution in [0.1, 0.15) is 36.8 Å². The summed E-state index contributed by atoms with van der Waals surface area (Å²) >= 11 is 0. The Balaban J connectivity index is 1.29. The maximum atomic E-state index is 12.8. The SMILES string of the molecule is O=C(Nc1ccc2c3c(cccc13)CC2)N1CCN(C2CCCC2)CC1. The maximum absolute atomic E-state index is 12.8. The summed E-state index contributed by atoms with van der Waals surface area (Å²) in [5.41, 5.74) is 3.79. The molecular weight excluding hydrogens is 322 g/mol. The fourth-order valence-corrected chi connectivity index (χ4v) is 5.11. The van der Waals surface area contributed by atoms with E-state index in [1.807, 2.05) is 4.90 Å². The molecule has 1 saturated heterocycles. The number of urea groups is 1. The van der Waals surface area contributed by atoms with Crippen LogP contribution in [0.3, 0.4) is 0 Å². The molecule has 3 aliphatic rings. The molecule has 0 spiro atoms. The molecule has 4 heteroatoms. The van der Waals surface area contributed by atoms with E-state index in [2.05, 4.69) is 40.5 Å². The minimum atomic E-state index is 0.0507. The topological polar surface area (TPSA) is 35.6 Å². The summed E-state index contributed by atoms with van der Waals surface area (Å²) in [5, 5.41) is 5.74. The van der Waals surface area contributed by atoms with E-state index in [4.69, 9.17) is 0 Å². The predicted molar refractivity (Wildman–Crippen MR) is 106 cm³/mol. The van der Waals surface area contributed by atoms with Gasteiger partial charge in [0, 0.05) is 37.6 Å². The third-order valence-electron chi connectivity index (χ3n) is 6.56. The number of hydrogen-bond acceptors (Lipinski definition) is 2. The van der Waals surface area contributed by atoms with E-state index in [0.717, 1.165) is 50.7 Å². The lowest BCUT2D eigenvalue weighted by molar-refractivity contribution is 0.115. The molecule has 2 aliphatic carbocycles. The zero-order valence-electron chi connectivity index (χ0n) is 15.3. The lowest BCUT2D eigenvalue weighted by Crippen LogP contribution is -2.52. The largest absolute Gasteiger partial charge is 0.322 e. The number of hydrogen-bond donors (Lipinski definition) is 1. The van der Waals surface area contributed by atoms with E-state index in [-0.39, 0.29) is 6.03 Å². The number of amides is 2. The molecule has 2 fully saturated rings. The van der Waals surface area contributed by atoms with Gasteiger partial charge in [-0.25, -0.2) is 4.79 Å². The summed E-state index contributed by atoms with van der Waals surface area (Å²) in [6.07, 6.45) is 7.66. The normalized spacial score (nSPS) is 20.8. The molecule has 0 unspecified atom stereocenters. The molecule has 1 N–H and O–H groups in total. The van der Waals surface area contributed by atoms with Crippen LogP contribution in [0.5, 0.6) is 0 Å². The molecule has 5 rings (SSSR count). The quantitative estimate of drug-likeness (QED) is 0.888. The van der Waals surface area contributed by atoms with E-state index in [9.17, 15) is 4.79 Å². The minimum absolute atomic E-state index is 0.0507. The minimum Gasteiger partial charge on any atom is -0.322 e. The number of anilines is 1. The van der Waals surface area contributed by atoms with Crippen LogP contribution in [-0.4, -0.2) is 48.1 Å². The Morgan fingerprint density at radius 1 is 0.923 bits per heavy atom. The molecule has 0 radical (unpaired) electrons. The van der Waals surface area contributed by atoms with Gasteiger partial charge in [0.15, 0.2) is 0 Å². The van der Waals surface area contributed by atoms with Crippen molar-refractivity contribution in [1.82, 2.24) is 9.80 Å². The van der Waals surface area contributed by atoms with Crippen molar-refractivity contribution in [2.45, 2.75) is 44.6 Å². The number of carbonyl (C=O) groups is 1. The van der Waals surface area contributed by atoms with E-state index in [1.165, 1.54) is 47.6 Å². The molecule has 26 heavy (non-hydrogen) atoms. The molecule has 0 atom stereocenters. The van der Waals surface area contributed by atoms with Gasteiger partial charge in [-0.1, -0.05) is 37.1 Å². The van der Waals surface area contributed by atoms with Gasteiger partial charge in [-0.3, -0.25) is 4.90 Å². The molecular formula is C22H27N3O. The second-order valence-electron chi connectivity index (χ2n) is 8.00. The molecule has 0 aromatic heterocycles. The van der Waals surface area contributed by atoms with E-state index in [1.54, 1.807) is 0 Å². The van der Waals surface area contributed by atoms with Crippen LogP contribution in [0.2, 0.25) is 0 Å². The Bertz CT molecular complexity index is 822. The van der Waals surface area contributed by atoms with Crippen LogP contribution < -0.4 is 5.32 Å². The van der Waals surface area contributed by atoms with Gasteiger partial charge in [-0.2, -0.15) is 0 Å². The van der Waals surface area contributed by atoms with Crippen LogP contribution in [0.4, 0.5) is 10.5 Å². The van der Waals surface area contributed by atoms with E-state index < -0.39 is 0 Å². The lowest BCUT2D eigenvalue weighted by atomic mass is 10.0. The molecule has 0 bridgehead atoms. The van der Waals surface area contributed by atoms with E-state index in [0.29, 0.717) is 0 Å². The van der Waals surface area contributed by atoms with Crippen molar-refractivity contribution in [3.8, 4) is 0 Å². The molecule has 2 aromatic carbocycles. The van der Waals surface area contributed by atoms with Crippen molar-refractivity contribution in [1.29, 1.82) is 0 Å². The highest BCUT2D eigenvalue weighted by Gasteiger charge is 2.28. The molecule has 1 saturated carbocycles. The smallest absolute Gasteiger partial charge is 0.321 e. The third-order valence-corrected chi connectivity index (χ3v) is 6.56. The highest BCUT2D eigenvalue weighted by Crippen LogP contribution is 2.35. The average Bonchev–Trinajstić information content (AvgIpc) is 3.35. The van der Waals surface area contributed by atoms with Gasteiger partial charge in [0.1, 0.15) is 0 Å². The zero-order chi connectivity index (χ0) is 17.5. The van der Waals surface area contributed by atoms with Crippen molar-refractivity contribution in [2.75, 3.05) is 31.5 Å². The lowest BCUT2D eigenvalue weighted by Gasteiger charge is -2.38. The fourth-order valence-electron chi connectivity index (χ4n) is 5.11. The van der Waals surface area contributed by atoms with Gasteiger partial charge in [-0.15, -0.1) is 0 Å². The highest BCUT2D eigenvalue weighted by molar-refractivity contribution is 6.04. The maximum Gasteiger partial charge on any atom is 0.321 e. The summed E-state index contributed by atoms with van der Waals surface area (Å²) in [4.78, 5) is 17.4. The van der Waals surface area contributed by atoms with Gasteiger partial charge < -0.3 is 10.2 Å². The van der Waals surface area contributed by atoms with Crippen molar-refractivity contribution in [3.63, 3.8) is 0 Å². The third kappa shape index (κ3) is 2.77. The first kappa shape index (κ1) is 16.1. The standard InChI is InChI=1S/C22H27N3O/c26-22(25-14-12-24(13-15-25)18-5-1-2-6-18)23-20-11-10-17-9-8-16-4-3-7-19(20)21(16)17/h3-4,7,10-11,18H,1-2,5-6,8-9,12-15H2,(H,23,26). The Hall–Kier alpha value is -2.07. The van der Waals surface area contributed by atoms with Gasteiger partial charge in [0.2, 0.25) is 0 Å². The number of benzene rings is 2. The number of nitrogens with zero attached hydrogens (tertiary/aromatic N) is 2. The summed E-state index contributed by atoms with van der Waals surface area (Å²) in [6.45, 7) is 3.71. The Kier molecular flexibility index (Phi) is 4.08. The number of aryl methyl sites for hydroxylation is 2. The van der Waals surface area contributed by atoms with E-state index >= 15 is 0 Å². The van der Waals surface area contributed by atoms with Crippen LogP contribution in [0.25, 0.3) is 10.8 Å². The Morgan fingerprint density at radius 3 is 2.42 bits per heavy atom. The number of piperazine rings is 1. The molecule has 1 heterocycles. The fraction of sp³-hybridized carbons (Fsp3) is 0.500. The van der Waals surface area contributed by atoms with Crippen LogP contribution in [0.15, 0.2) is 30.3 Å². The monoisotopic (exact) mass is 349 g/mol. The van der Waals surface area contributed by atoms with Crippen molar-refractivity contribution >= 4 is 22.5 Å². The van der Waals surface area contributed by atoms with Crippen molar-refractivity contribution in [3.05, 3.63) is 41.5 Å². The second kappa shape index (κ2) is 6.58. The second-order valence-corrected chi connectivity index (χ2v) is 8.00. The molecule has 136 valence electrons. The first-order chi connectivity index (χ1) is 12.8. The summed E-state index contributed by atoms with van der Waals surface area (Å²) in [5.74, 6) is 0. The zero-order valence-corrected chi connectivity index (χ0v) is 15.3.